The van der Waals surface area contributed by atoms with Crippen molar-refractivity contribution in [2.75, 3.05) is 6.61 Å². The third kappa shape index (κ3) is 9.20. The molecule has 17 heavy (non-hydrogen) atoms. The van der Waals surface area contributed by atoms with Gasteiger partial charge in [0.05, 0.1) is 6.61 Å². The summed E-state index contributed by atoms with van der Waals surface area (Å²) in [4.78, 5) is 35.7. The Hall–Kier alpha value is -0.530. The molecular formula is C6H12O9P2. The summed E-state index contributed by atoms with van der Waals surface area (Å²) < 4.78 is 28.8. The van der Waals surface area contributed by atoms with E-state index < -0.39 is 28.2 Å². The number of phosphoric ester groups is 1. The van der Waals surface area contributed by atoms with Gasteiger partial charge in [0.2, 0.25) is 0 Å². The van der Waals surface area contributed by atoms with Crippen LogP contribution in [0.1, 0.15) is 13.3 Å². The summed E-state index contributed by atoms with van der Waals surface area (Å²) in [6.07, 6.45) is 1.20. The molecule has 0 heterocycles. The van der Waals surface area contributed by atoms with Crippen molar-refractivity contribution in [1.29, 1.82) is 0 Å². The lowest BCUT2D eigenvalue weighted by Gasteiger charge is -2.11. The van der Waals surface area contributed by atoms with Gasteiger partial charge in [-0.2, -0.15) is 4.31 Å². The molecule has 0 aromatic rings. The number of carboxylic acid groups (broad SMARTS) is 1. The number of hydrogen-bond acceptors (Lipinski definition) is 5. The second kappa shape index (κ2) is 6.42. The van der Waals surface area contributed by atoms with E-state index in [-0.39, 0.29) is 12.0 Å². The lowest BCUT2D eigenvalue weighted by molar-refractivity contribution is -0.132. The Morgan fingerprint density at radius 1 is 1.29 bits per heavy atom. The molecule has 0 fully saturated rings. The van der Waals surface area contributed by atoms with Crippen molar-refractivity contribution >= 4 is 21.6 Å². The van der Waals surface area contributed by atoms with Crippen molar-refractivity contribution < 1.29 is 42.5 Å². The summed E-state index contributed by atoms with van der Waals surface area (Å²) in [6, 6.07) is 0. The molecule has 0 saturated carbocycles. The van der Waals surface area contributed by atoms with Crippen LogP contribution in [0.4, 0.5) is 0 Å². The summed E-state index contributed by atoms with van der Waals surface area (Å²) in [5.74, 6) is -1.15. The first-order valence-corrected chi connectivity index (χ1v) is 7.20. The van der Waals surface area contributed by atoms with Gasteiger partial charge < -0.3 is 19.8 Å². The summed E-state index contributed by atoms with van der Waals surface area (Å²) in [7, 11) is -9.96. The molecule has 0 bridgehead atoms. The molecule has 1 unspecified atom stereocenters. The molecule has 100 valence electrons. The number of carbonyl (C=O) groups is 1. The number of hydrogen-bond donors (Lipinski definition) is 4. The van der Waals surface area contributed by atoms with Crippen LogP contribution < -0.4 is 0 Å². The summed E-state index contributed by atoms with van der Waals surface area (Å²) in [5.41, 5.74) is 0.0114. The third-order valence-corrected chi connectivity index (χ3v) is 3.55. The topological polar surface area (TPSA) is 151 Å². The monoisotopic (exact) mass is 290 g/mol. The van der Waals surface area contributed by atoms with Gasteiger partial charge in [0.25, 0.3) is 0 Å². The van der Waals surface area contributed by atoms with E-state index in [0.717, 1.165) is 0 Å². The van der Waals surface area contributed by atoms with Crippen molar-refractivity contribution in [2.45, 2.75) is 13.3 Å². The van der Waals surface area contributed by atoms with Crippen LogP contribution in [-0.4, -0.2) is 32.4 Å². The molecule has 0 aliphatic carbocycles. The van der Waals surface area contributed by atoms with Crippen LogP contribution in [0.5, 0.6) is 0 Å². The van der Waals surface area contributed by atoms with E-state index in [1.165, 1.54) is 13.0 Å². The van der Waals surface area contributed by atoms with Crippen LogP contribution >= 0.6 is 15.6 Å². The van der Waals surface area contributed by atoms with E-state index in [9.17, 15) is 13.9 Å². The van der Waals surface area contributed by atoms with E-state index in [4.69, 9.17) is 19.8 Å². The Kier molecular flexibility index (Phi) is 6.22. The van der Waals surface area contributed by atoms with Gasteiger partial charge in [-0.3, -0.25) is 4.52 Å². The minimum absolute atomic E-state index is 0.0114. The molecule has 11 heteroatoms. The van der Waals surface area contributed by atoms with Gasteiger partial charge in [0.1, 0.15) is 0 Å². The average Bonchev–Trinajstić information content (AvgIpc) is 2.07. The van der Waals surface area contributed by atoms with Crippen LogP contribution in [0.3, 0.4) is 0 Å². The number of aliphatic carboxylic acids is 1. The van der Waals surface area contributed by atoms with Crippen LogP contribution in [0.25, 0.3) is 0 Å². The van der Waals surface area contributed by atoms with Crippen LogP contribution in [-0.2, 0) is 22.8 Å². The Morgan fingerprint density at radius 3 is 2.24 bits per heavy atom. The molecule has 0 aromatic carbocycles. The van der Waals surface area contributed by atoms with Gasteiger partial charge in [-0.15, -0.1) is 0 Å². The second-order valence-electron chi connectivity index (χ2n) is 2.85. The van der Waals surface area contributed by atoms with Crippen molar-refractivity contribution in [3.8, 4) is 0 Å². The molecule has 1 atom stereocenters. The predicted octanol–water partition coefficient (Wildman–Crippen LogP) is 0.634. The van der Waals surface area contributed by atoms with Gasteiger partial charge in [-0.25, -0.2) is 13.9 Å². The van der Waals surface area contributed by atoms with Crippen LogP contribution in [0.2, 0.25) is 0 Å². The lowest BCUT2D eigenvalue weighted by Crippen LogP contribution is -1.98. The van der Waals surface area contributed by atoms with Gasteiger partial charge >= 0.3 is 21.6 Å². The van der Waals surface area contributed by atoms with Gasteiger partial charge in [0, 0.05) is 5.57 Å². The molecular weight excluding hydrogens is 278 g/mol. The molecule has 0 saturated heterocycles. The fourth-order valence-electron chi connectivity index (χ4n) is 0.689. The molecule has 9 nitrogen and oxygen atoms in total. The summed E-state index contributed by atoms with van der Waals surface area (Å²) in [5, 5.41) is 8.45. The maximum absolute atomic E-state index is 10.9. The normalized spacial score (nSPS) is 16.6. The lowest BCUT2D eigenvalue weighted by atomic mass is 10.2. The van der Waals surface area contributed by atoms with Crippen molar-refractivity contribution in [3.63, 3.8) is 0 Å². The highest BCUT2D eigenvalue weighted by Crippen LogP contribution is 2.57. The van der Waals surface area contributed by atoms with E-state index in [1.807, 2.05) is 0 Å². The first-order chi connectivity index (χ1) is 7.53. The number of phosphoric acid groups is 2. The van der Waals surface area contributed by atoms with Crippen molar-refractivity contribution in [2.24, 2.45) is 0 Å². The van der Waals surface area contributed by atoms with Crippen molar-refractivity contribution in [3.05, 3.63) is 11.6 Å². The average molecular weight is 290 g/mol. The Bertz CT molecular complexity index is 394. The largest absolute Gasteiger partial charge is 0.481 e. The smallest absolute Gasteiger partial charge is 0.478 e. The molecule has 0 aromatic heterocycles. The van der Waals surface area contributed by atoms with Crippen LogP contribution in [0, 0.1) is 0 Å². The van der Waals surface area contributed by atoms with Gasteiger partial charge in [-0.05, 0) is 13.3 Å². The molecule has 4 N–H and O–H groups in total. The molecule has 0 aliphatic heterocycles. The SMILES string of the molecule is CC(=CCCOP(=O)(O)OP(=O)(O)O)C(=O)O. The standard InChI is InChI=1S/C6H12O9P2/c1-5(6(7)8)3-2-4-14-17(12,13)15-16(9,10)11/h3H,2,4H2,1H3,(H,7,8)(H,12,13)(H2,9,10,11). The number of carboxylic acids is 1. The van der Waals surface area contributed by atoms with Gasteiger partial charge in [-0.1, -0.05) is 6.08 Å². The zero-order valence-electron chi connectivity index (χ0n) is 8.72. The van der Waals surface area contributed by atoms with E-state index in [1.54, 1.807) is 0 Å². The van der Waals surface area contributed by atoms with E-state index >= 15 is 0 Å². The zero-order chi connectivity index (χ0) is 13.7. The third-order valence-electron chi connectivity index (χ3n) is 1.37. The molecule has 0 aliphatic rings. The molecule has 0 amide bonds. The maximum atomic E-state index is 10.9. The quantitative estimate of drug-likeness (QED) is 0.300. The Morgan fingerprint density at radius 2 is 1.82 bits per heavy atom. The first kappa shape index (κ1) is 16.5. The minimum atomic E-state index is -5.12. The van der Waals surface area contributed by atoms with E-state index in [2.05, 4.69) is 8.83 Å². The minimum Gasteiger partial charge on any atom is -0.478 e. The highest BCUT2D eigenvalue weighted by molar-refractivity contribution is 7.60. The Balaban J connectivity index is 4.13. The number of rotatable bonds is 7. The maximum Gasteiger partial charge on any atom is 0.481 e. The fraction of sp³-hybridized carbons (Fsp3) is 0.500. The fourth-order valence-corrected chi connectivity index (χ4v) is 2.29. The highest BCUT2D eigenvalue weighted by Gasteiger charge is 2.31. The highest BCUT2D eigenvalue weighted by atomic mass is 31.3. The summed E-state index contributed by atoms with van der Waals surface area (Å²) in [6.45, 7) is 0.894. The van der Waals surface area contributed by atoms with E-state index in [0.29, 0.717) is 0 Å². The predicted molar refractivity (Wildman–Crippen MR) is 54.9 cm³/mol. The van der Waals surface area contributed by atoms with Crippen LogP contribution in [0.15, 0.2) is 11.6 Å². The Labute approximate surface area is 96.5 Å². The summed E-state index contributed by atoms with van der Waals surface area (Å²) >= 11 is 0. The van der Waals surface area contributed by atoms with Gasteiger partial charge in [0.15, 0.2) is 0 Å². The first-order valence-electron chi connectivity index (χ1n) is 4.18. The van der Waals surface area contributed by atoms with Crippen molar-refractivity contribution in [1.82, 2.24) is 0 Å². The molecule has 0 radical (unpaired) electrons. The molecule has 0 spiro atoms. The zero-order valence-corrected chi connectivity index (χ0v) is 10.5. The molecule has 0 rings (SSSR count). The second-order valence-corrected chi connectivity index (χ2v) is 5.68.